The van der Waals surface area contributed by atoms with Gasteiger partial charge in [-0.15, -0.1) is 0 Å². The number of thiophene rings is 1. The lowest BCUT2D eigenvalue weighted by Crippen LogP contribution is -2.55. The molecule has 1 aromatic heterocycles. The number of carbonyl (C=O) groups excluding carboxylic acids is 3. The molecule has 19 heavy (non-hydrogen) atoms. The van der Waals surface area contributed by atoms with E-state index in [0.29, 0.717) is 31.5 Å². The molecule has 100 valence electrons. The number of rotatable bonds is 1. The zero-order valence-electron chi connectivity index (χ0n) is 10.1. The first-order chi connectivity index (χ1) is 9.11. The fourth-order valence-electron chi connectivity index (χ4n) is 2.54. The number of carbonyl (C=O) groups is 3. The molecule has 0 atom stereocenters. The van der Waals surface area contributed by atoms with Crippen LogP contribution in [0.3, 0.4) is 0 Å². The summed E-state index contributed by atoms with van der Waals surface area (Å²) in [5, 5.41) is 8.62. The number of amides is 4. The fourth-order valence-corrected chi connectivity index (χ4v) is 3.17. The molecule has 2 saturated heterocycles. The summed E-state index contributed by atoms with van der Waals surface area (Å²) in [6, 6.07) is 1.35. The van der Waals surface area contributed by atoms with Gasteiger partial charge in [0.15, 0.2) is 0 Å². The Balaban J connectivity index is 1.68. The van der Waals surface area contributed by atoms with E-state index in [1.165, 1.54) is 11.3 Å². The van der Waals surface area contributed by atoms with E-state index in [-0.39, 0.29) is 11.8 Å². The number of nitrogens with zero attached hydrogens (tertiary/aromatic N) is 1. The second-order valence-electron chi connectivity index (χ2n) is 4.79. The van der Waals surface area contributed by atoms with Gasteiger partial charge in [0.05, 0.1) is 5.56 Å². The van der Waals surface area contributed by atoms with Crippen molar-refractivity contribution in [2.45, 2.75) is 18.4 Å². The van der Waals surface area contributed by atoms with Crippen molar-refractivity contribution in [1.82, 2.24) is 15.5 Å². The van der Waals surface area contributed by atoms with Crippen LogP contribution in [0.15, 0.2) is 16.8 Å². The highest BCUT2D eigenvalue weighted by Crippen LogP contribution is 2.26. The van der Waals surface area contributed by atoms with Crippen LogP contribution in [0, 0.1) is 0 Å². The molecule has 0 aliphatic carbocycles. The molecule has 1 aromatic rings. The summed E-state index contributed by atoms with van der Waals surface area (Å²) in [4.78, 5) is 36.9. The quantitative estimate of drug-likeness (QED) is 0.737. The minimum atomic E-state index is -0.817. The standard InChI is InChI=1S/C12H13N3O3S/c16-9(8-1-6-19-7-8)15-4-2-12(3-5-15)10(17)13-11(18)14-12/h1,6-7H,2-5H2,(H2,13,14,17,18). The van der Waals surface area contributed by atoms with E-state index in [2.05, 4.69) is 10.6 Å². The Hall–Kier alpha value is -1.89. The summed E-state index contributed by atoms with van der Waals surface area (Å²) in [5.74, 6) is -0.291. The van der Waals surface area contributed by atoms with Crippen LogP contribution in [0.25, 0.3) is 0 Å². The average Bonchev–Trinajstić information content (AvgIpc) is 2.99. The summed E-state index contributed by atoms with van der Waals surface area (Å²) in [7, 11) is 0. The number of likely N-dealkylation sites (tertiary alicyclic amines) is 1. The van der Waals surface area contributed by atoms with Gasteiger partial charge in [-0.1, -0.05) is 0 Å². The second-order valence-corrected chi connectivity index (χ2v) is 5.57. The maximum atomic E-state index is 12.2. The van der Waals surface area contributed by atoms with E-state index in [0.717, 1.165) is 0 Å². The van der Waals surface area contributed by atoms with Gasteiger partial charge >= 0.3 is 6.03 Å². The zero-order valence-corrected chi connectivity index (χ0v) is 11.0. The van der Waals surface area contributed by atoms with E-state index in [1.807, 2.05) is 10.8 Å². The van der Waals surface area contributed by atoms with Crippen LogP contribution < -0.4 is 10.6 Å². The highest BCUT2D eigenvalue weighted by atomic mass is 32.1. The Morgan fingerprint density at radius 3 is 2.58 bits per heavy atom. The van der Waals surface area contributed by atoms with Gasteiger partial charge in [-0.2, -0.15) is 11.3 Å². The Labute approximate surface area is 113 Å². The minimum absolute atomic E-state index is 0.0131. The van der Waals surface area contributed by atoms with Crippen molar-refractivity contribution in [2.24, 2.45) is 0 Å². The third kappa shape index (κ3) is 1.99. The lowest BCUT2D eigenvalue weighted by Gasteiger charge is -2.36. The van der Waals surface area contributed by atoms with Gasteiger partial charge in [-0.25, -0.2) is 4.79 Å². The van der Waals surface area contributed by atoms with Crippen molar-refractivity contribution in [3.8, 4) is 0 Å². The lowest BCUT2D eigenvalue weighted by molar-refractivity contribution is -0.125. The van der Waals surface area contributed by atoms with Gasteiger partial charge < -0.3 is 10.2 Å². The van der Waals surface area contributed by atoms with Gasteiger partial charge in [0, 0.05) is 18.5 Å². The maximum Gasteiger partial charge on any atom is 0.322 e. The first-order valence-corrected chi connectivity index (χ1v) is 7.00. The molecule has 2 aliphatic rings. The average molecular weight is 279 g/mol. The summed E-state index contributed by atoms with van der Waals surface area (Å²) >= 11 is 1.48. The number of urea groups is 1. The van der Waals surface area contributed by atoms with Crippen molar-refractivity contribution >= 4 is 29.2 Å². The molecular weight excluding hydrogens is 266 g/mol. The normalized spacial score (nSPS) is 21.4. The van der Waals surface area contributed by atoms with Crippen LogP contribution >= 0.6 is 11.3 Å². The van der Waals surface area contributed by atoms with Gasteiger partial charge in [0.25, 0.3) is 11.8 Å². The van der Waals surface area contributed by atoms with Crippen LogP contribution in [0.1, 0.15) is 23.2 Å². The molecule has 0 bridgehead atoms. The van der Waals surface area contributed by atoms with Crippen LogP contribution in [0.4, 0.5) is 4.79 Å². The molecule has 7 heteroatoms. The highest BCUT2D eigenvalue weighted by Gasteiger charge is 2.48. The lowest BCUT2D eigenvalue weighted by atomic mass is 9.87. The summed E-state index contributed by atoms with van der Waals surface area (Å²) in [6.07, 6.45) is 0.918. The molecule has 2 N–H and O–H groups in total. The summed E-state index contributed by atoms with van der Waals surface area (Å²) in [6.45, 7) is 0.949. The van der Waals surface area contributed by atoms with Crippen molar-refractivity contribution in [1.29, 1.82) is 0 Å². The molecule has 2 fully saturated rings. The molecule has 1 spiro atoms. The van der Waals surface area contributed by atoms with Gasteiger partial charge in [0.1, 0.15) is 5.54 Å². The van der Waals surface area contributed by atoms with E-state index in [1.54, 1.807) is 11.0 Å². The largest absolute Gasteiger partial charge is 0.338 e. The molecule has 2 aliphatic heterocycles. The third-order valence-corrected chi connectivity index (χ3v) is 4.37. The molecule has 4 amide bonds. The van der Waals surface area contributed by atoms with Crippen molar-refractivity contribution in [3.05, 3.63) is 22.4 Å². The van der Waals surface area contributed by atoms with Gasteiger partial charge in [0.2, 0.25) is 0 Å². The molecule has 0 unspecified atom stereocenters. The Kier molecular flexibility index (Phi) is 2.78. The molecular formula is C12H13N3O3S. The van der Waals surface area contributed by atoms with Crippen LogP contribution in [0.2, 0.25) is 0 Å². The summed E-state index contributed by atoms with van der Waals surface area (Å²) < 4.78 is 0. The van der Waals surface area contributed by atoms with Crippen LogP contribution in [-0.2, 0) is 4.79 Å². The maximum absolute atomic E-state index is 12.2. The van der Waals surface area contributed by atoms with Crippen molar-refractivity contribution in [3.63, 3.8) is 0 Å². The van der Waals surface area contributed by atoms with E-state index in [9.17, 15) is 14.4 Å². The zero-order chi connectivity index (χ0) is 13.5. The predicted molar refractivity (Wildman–Crippen MR) is 68.9 cm³/mol. The minimum Gasteiger partial charge on any atom is -0.338 e. The first kappa shape index (κ1) is 12.2. The fraction of sp³-hybridized carbons (Fsp3) is 0.417. The molecule has 0 aromatic carbocycles. The molecule has 0 saturated carbocycles. The SMILES string of the molecule is O=C1NC(=O)C2(CCN(C(=O)c3ccsc3)CC2)N1. The second kappa shape index (κ2) is 4.34. The summed E-state index contributed by atoms with van der Waals surface area (Å²) in [5.41, 5.74) is -0.136. The third-order valence-electron chi connectivity index (χ3n) is 3.69. The van der Waals surface area contributed by atoms with Crippen LogP contribution in [0.5, 0.6) is 0 Å². The topological polar surface area (TPSA) is 78.5 Å². The van der Waals surface area contributed by atoms with Crippen molar-refractivity contribution < 1.29 is 14.4 Å². The smallest absolute Gasteiger partial charge is 0.322 e. The van der Waals surface area contributed by atoms with Gasteiger partial charge in [-0.3, -0.25) is 14.9 Å². The predicted octanol–water partition coefficient (Wildman–Crippen LogP) is 0.562. The Bertz CT molecular complexity index is 532. The highest BCUT2D eigenvalue weighted by molar-refractivity contribution is 7.08. The molecule has 3 rings (SSSR count). The van der Waals surface area contributed by atoms with Crippen LogP contribution in [-0.4, -0.2) is 41.4 Å². The number of hydrogen-bond donors (Lipinski definition) is 2. The number of piperidine rings is 1. The molecule has 0 radical (unpaired) electrons. The Morgan fingerprint density at radius 1 is 1.32 bits per heavy atom. The number of hydrogen-bond acceptors (Lipinski definition) is 4. The molecule has 6 nitrogen and oxygen atoms in total. The van der Waals surface area contributed by atoms with Gasteiger partial charge in [-0.05, 0) is 24.3 Å². The van der Waals surface area contributed by atoms with Crippen molar-refractivity contribution in [2.75, 3.05) is 13.1 Å². The monoisotopic (exact) mass is 279 g/mol. The first-order valence-electron chi connectivity index (χ1n) is 6.06. The van der Waals surface area contributed by atoms with E-state index >= 15 is 0 Å². The Morgan fingerprint density at radius 2 is 2.05 bits per heavy atom. The molecule has 3 heterocycles. The van der Waals surface area contributed by atoms with E-state index < -0.39 is 11.6 Å². The number of imide groups is 1. The van der Waals surface area contributed by atoms with E-state index in [4.69, 9.17) is 0 Å². The number of nitrogens with one attached hydrogen (secondary N) is 2.